The number of aryl methyl sites for hydroxylation is 1. The van der Waals surface area contributed by atoms with E-state index in [9.17, 15) is 4.79 Å². The molecule has 0 saturated heterocycles. The lowest BCUT2D eigenvalue weighted by molar-refractivity contribution is -0.123. The molecule has 0 unspecified atom stereocenters. The predicted molar refractivity (Wildman–Crippen MR) is 125 cm³/mol. The number of nitrogens with zero attached hydrogens (tertiary/aromatic N) is 4. The number of carbonyl (C=O) groups excluding carboxylic acids is 1. The van der Waals surface area contributed by atoms with E-state index >= 15 is 0 Å². The molecule has 2 aromatic heterocycles. The largest absolute Gasteiger partial charge is 0.484 e. The minimum absolute atomic E-state index is 0.0199. The van der Waals surface area contributed by atoms with Gasteiger partial charge < -0.3 is 15.4 Å². The first-order chi connectivity index (χ1) is 15.1. The standard InChI is InChI=1S/C22H30N6O2S/c1-4-10-24-20-18-14-25-28(21(18)27-22(26-20)31-13-5-2)12-11-23-19(29)15-30-17-8-6-16(3)7-9-17/h6-9,14H,4-5,10-13,15H2,1-3H3,(H,23,29)(H,24,26,27). The van der Waals surface area contributed by atoms with E-state index in [0.717, 1.165) is 52.7 Å². The maximum Gasteiger partial charge on any atom is 0.258 e. The Morgan fingerprint density at radius 1 is 1.13 bits per heavy atom. The zero-order valence-electron chi connectivity index (χ0n) is 18.4. The Labute approximate surface area is 187 Å². The Morgan fingerprint density at radius 2 is 1.94 bits per heavy atom. The Hall–Kier alpha value is -2.81. The monoisotopic (exact) mass is 442 g/mol. The molecule has 31 heavy (non-hydrogen) atoms. The van der Waals surface area contributed by atoms with Gasteiger partial charge in [-0.15, -0.1) is 0 Å². The normalized spacial score (nSPS) is 10.9. The lowest BCUT2D eigenvalue weighted by Gasteiger charge is -2.10. The molecule has 0 spiro atoms. The highest BCUT2D eigenvalue weighted by Gasteiger charge is 2.13. The van der Waals surface area contributed by atoms with Gasteiger partial charge in [-0.1, -0.05) is 43.3 Å². The van der Waals surface area contributed by atoms with Crippen LogP contribution >= 0.6 is 11.8 Å². The molecule has 166 valence electrons. The molecule has 0 bridgehead atoms. The molecule has 0 aliphatic rings. The summed E-state index contributed by atoms with van der Waals surface area (Å²) in [7, 11) is 0. The summed E-state index contributed by atoms with van der Waals surface area (Å²) in [5.41, 5.74) is 1.92. The van der Waals surface area contributed by atoms with Crippen molar-refractivity contribution in [3.8, 4) is 5.75 Å². The van der Waals surface area contributed by atoms with Crippen LogP contribution in [0.5, 0.6) is 5.75 Å². The Morgan fingerprint density at radius 3 is 2.68 bits per heavy atom. The molecule has 0 aliphatic carbocycles. The van der Waals surface area contributed by atoms with Gasteiger partial charge in [0.1, 0.15) is 11.6 Å². The summed E-state index contributed by atoms with van der Waals surface area (Å²) in [6.07, 6.45) is 3.84. The molecule has 0 fully saturated rings. The second-order valence-corrected chi connectivity index (χ2v) is 8.25. The van der Waals surface area contributed by atoms with Crippen LogP contribution in [0.1, 0.15) is 32.3 Å². The van der Waals surface area contributed by atoms with Gasteiger partial charge in [0.25, 0.3) is 5.91 Å². The fourth-order valence-electron chi connectivity index (χ4n) is 2.87. The summed E-state index contributed by atoms with van der Waals surface area (Å²) in [6, 6.07) is 7.62. The minimum Gasteiger partial charge on any atom is -0.484 e. The summed E-state index contributed by atoms with van der Waals surface area (Å²) >= 11 is 1.64. The smallest absolute Gasteiger partial charge is 0.258 e. The lowest BCUT2D eigenvalue weighted by Crippen LogP contribution is -2.31. The van der Waals surface area contributed by atoms with E-state index in [4.69, 9.17) is 9.72 Å². The third-order valence-electron chi connectivity index (χ3n) is 4.49. The van der Waals surface area contributed by atoms with E-state index in [1.807, 2.05) is 35.9 Å². The van der Waals surface area contributed by atoms with Gasteiger partial charge in [-0.2, -0.15) is 5.10 Å². The van der Waals surface area contributed by atoms with E-state index < -0.39 is 0 Å². The van der Waals surface area contributed by atoms with Crippen molar-refractivity contribution < 1.29 is 9.53 Å². The van der Waals surface area contributed by atoms with Crippen molar-refractivity contribution in [1.82, 2.24) is 25.1 Å². The van der Waals surface area contributed by atoms with Gasteiger partial charge in [-0.25, -0.2) is 14.6 Å². The highest BCUT2D eigenvalue weighted by molar-refractivity contribution is 7.99. The van der Waals surface area contributed by atoms with Gasteiger partial charge in [0.2, 0.25) is 0 Å². The number of hydrogen-bond acceptors (Lipinski definition) is 7. The lowest BCUT2D eigenvalue weighted by atomic mass is 10.2. The molecule has 2 heterocycles. The van der Waals surface area contributed by atoms with E-state index in [1.165, 1.54) is 0 Å². The highest BCUT2D eigenvalue weighted by Crippen LogP contribution is 2.24. The van der Waals surface area contributed by atoms with Crippen LogP contribution in [0, 0.1) is 6.92 Å². The number of hydrogen-bond donors (Lipinski definition) is 2. The van der Waals surface area contributed by atoms with E-state index in [0.29, 0.717) is 18.8 Å². The predicted octanol–water partition coefficient (Wildman–Crippen LogP) is 3.65. The number of fused-ring (bicyclic) bond motifs is 1. The third-order valence-corrected chi connectivity index (χ3v) is 5.54. The van der Waals surface area contributed by atoms with E-state index in [-0.39, 0.29) is 12.5 Å². The number of benzene rings is 1. The van der Waals surface area contributed by atoms with Crippen LogP contribution in [-0.4, -0.2) is 51.1 Å². The Bertz CT molecular complexity index is 990. The molecule has 9 heteroatoms. The SMILES string of the molecule is CCCNc1nc(SCCC)nc2c1cnn2CCNC(=O)COc1ccc(C)cc1. The molecule has 0 radical (unpaired) electrons. The number of aromatic nitrogens is 4. The van der Waals surface area contributed by atoms with Crippen molar-refractivity contribution in [3.63, 3.8) is 0 Å². The molecular weight excluding hydrogens is 412 g/mol. The average Bonchev–Trinajstić information content (AvgIpc) is 3.18. The summed E-state index contributed by atoms with van der Waals surface area (Å²) < 4.78 is 7.33. The fraction of sp³-hybridized carbons (Fsp3) is 0.455. The number of amides is 1. The molecule has 0 saturated carbocycles. The number of anilines is 1. The number of thioether (sulfide) groups is 1. The second kappa shape index (κ2) is 11.5. The first-order valence-electron chi connectivity index (χ1n) is 10.7. The molecule has 3 rings (SSSR count). The van der Waals surface area contributed by atoms with Crippen molar-refractivity contribution in [2.24, 2.45) is 0 Å². The van der Waals surface area contributed by atoms with Gasteiger partial charge in [-0.05, 0) is 31.9 Å². The van der Waals surface area contributed by atoms with Crippen molar-refractivity contribution in [2.75, 3.05) is 30.8 Å². The molecule has 8 nitrogen and oxygen atoms in total. The molecule has 2 N–H and O–H groups in total. The van der Waals surface area contributed by atoms with Gasteiger partial charge in [-0.3, -0.25) is 4.79 Å². The van der Waals surface area contributed by atoms with Crippen LogP contribution in [0.2, 0.25) is 0 Å². The summed E-state index contributed by atoms with van der Waals surface area (Å²) in [5, 5.41) is 12.3. The first kappa shape index (κ1) is 22.9. The maximum absolute atomic E-state index is 12.1. The summed E-state index contributed by atoms with van der Waals surface area (Å²) in [4.78, 5) is 21.5. The van der Waals surface area contributed by atoms with Crippen LogP contribution in [0.4, 0.5) is 5.82 Å². The third kappa shape index (κ3) is 6.58. The molecule has 1 aromatic carbocycles. The van der Waals surface area contributed by atoms with Gasteiger partial charge in [0.05, 0.1) is 18.1 Å². The van der Waals surface area contributed by atoms with Crippen LogP contribution < -0.4 is 15.4 Å². The van der Waals surface area contributed by atoms with Gasteiger partial charge >= 0.3 is 0 Å². The minimum atomic E-state index is -0.170. The van der Waals surface area contributed by atoms with Crippen molar-refractivity contribution >= 4 is 34.5 Å². The van der Waals surface area contributed by atoms with Crippen LogP contribution in [0.25, 0.3) is 11.0 Å². The second-order valence-electron chi connectivity index (χ2n) is 7.19. The zero-order valence-corrected chi connectivity index (χ0v) is 19.2. The molecule has 3 aromatic rings. The molecule has 0 atom stereocenters. The quantitative estimate of drug-likeness (QED) is 0.327. The number of rotatable bonds is 12. The molecule has 1 amide bonds. The van der Waals surface area contributed by atoms with Gasteiger partial charge in [0.15, 0.2) is 17.4 Å². The number of nitrogens with one attached hydrogen (secondary N) is 2. The van der Waals surface area contributed by atoms with E-state index in [1.54, 1.807) is 18.0 Å². The maximum atomic E-state index is 12.1. The highest BCUT2D eigenvalue weighted by atomic mass is 32.2. The Balaban J connectivity index is 1.59. The topological polar surface area (TPSA) is 94.0 Å². The summed E-state index contributed by atoms with van der Waals surface area (Å²) in [5.74, 6) is 2.28. The van der Waals surface area contributed by atoms with E-state index in [2.05, 4.69) is 34.6 Å². The van der Waals surface area contributed by atoms with Crippen molar-refractivity contribution in [2.45, 2.75) is 45.3 Å². The number of ether oxygens (including phenoxy) is 1. The van der Waals surface area contributed by atoms with Crippen LogP contribution in [0.15, 0.2) is 35.6 Å². The molecular formula is C22H30N6O2S. The number of carbonyl (C=O) groups is 1. The van der Waals surface area contributed by atoms with Crippen LogP contribution in [0.3, 0.4) is 0 Å². The van der Waals surface area contributed by atoms with Crippen molar-refractivity contribution in [3.05, 3.63) is 36.0 Å². The Kier molecular flexibility index (Phi) is 8.52. The van der Waals surface area contributed by atoms with Gasteiger partial charge in [0, 0.05) is 18.8 Å². The van der Waals surface area contributed by atoms with Crippen molar-refractivity contribution in [1.29, 1.82) is 0 Å². The molecule has 0 aliphatic heterocycles. The van der Waals surface area contributed by atoms with Crippen LogP contribution in [-0.2, 0) is 11.3 Å². The summed E-state index contributed by atoms with van der Waals surface area (Å²) in [6.45, 7) is 8.03. The fourth-order valence-corrected chi connectivity index (χ4v) is 3.56. The average molecular weight is 443 g/mol. The first-order valence-corrected chi connectivity index (χ1v) is 11.7. The zero-order chi connectivity index (χ0) is 22.1.